The van der Waals surface area contributed by atoms with Crippen LogP contribution < -0.4 is 5.32 Å². The van der Waals surface area contributed by atoms with Gasteiger partial charge < -0.3 is 14.8 Å². The number of hydrogen-bond donors (Lipinski definition) is 1. The molecule has 0 radical (unpaired) electrons. The number of rotatable bonds is 2. The van der Waals surface area contributed by atoms with Crippen LogP contribution in [0.2, 0.25) is 0 Å². The first-order valence-corrected chi connectivity index (χ1v) is 10.4. The van der Waals surface area contributed by atoms with E-state index in [1.807, 2.05) is 37.4 Å². The van der Waals surface area contributed by atoms with E-state index in [-0.39, 0.29) is 0 Å². The molecule has 1 aliphatic carbocycles. The van der Waals surface area contributed by atoms with Gasteiger partial charge in [-0.15, -0.1) is 0 Å². The first-order chi connectivity index (χ1) is 14.6. The van der Waals surface area contributed by atoms with E-state index in [1.165, 1.54) is 0 Å². The number of fused-ring (bicyclic) bond motifs is 2. The number of amides is 2. The maximum Gasteiger partial charge on any atom is 0.315 e. The minimum atomic E-state index is -0.614. The standard InChI is InChI=1S/C22H24N6O2/c1-26-20(16-9-5-6-10-17(16)25-26)24-21(29)22(30)27-12-11-19-18(13-27)23-14-28(19)15-7-3-2-4-8-15/h2-4,7-8,14H,5-6,9-13H2,1H3,(H,24,29). The number of anilines is 1. The second kappa shape index (κ2) is 7.44. The van der Waals surface area contributed by atoms with E-state index in [0.29, 0.717) is 25.3 Å². The number of nitrogens with one attached hydrogen (secondary N) is 1. The van der Waals surface area contributed by atoms with Gasteiger partial charge in [0.2, 0.25) is 0 Å². The van der Waals surface area contributed by atoms with Crippen molar-refractivity contribution < 1.29 is 9.59 Å². The van der Waals surface area contributed by atoms with Crippen molar-refractivity contribution in [1.82, 2.24) is 24.2 Å². The molecule has 1 aliphatic heterocycles. The van der Waals surface area contributed by atoms with E-state index in [2.05, 4.69) is 20.0 Å². The van der Waals surface area contributed by atoms with Gasteiger partial charge in [-0.1, -0.05) is 18.2 Å². The molecule has 30 heavy (non-hydrogen) atoms. The van der Waals surface area contributed by atoms with Crippen LogP contribution in [0.15, 0.2) is 36.7 Å². The molecule has 0 saturated carbocycles. The second-order valence-corrected chi connectivity index (χ2v) is 7.88. The number of aryl methyl sites for hydroxylation is 2. The Hall–Kier alpha value is -3.42. The molecule has 0 unspecified atom stereocenters. The molecule has 2 aromatic heterocycles. The highest BCUT2D eigenvalue weighted by Gasteiger charge is 2.30. The van der Waals surface area contributed by atoms with Crippen LogP contribution >= 0.6 is 0 Å². The third-order valence-corrected chi connectivity index (χ3v) is 5.98. The third-order valence-electron chi connectivity index (χ3n) is 5.98. The summed E-state index contributed by atoms with van der Waals surface area (Å²) in [6, 6.07) is 10.0. The Balaban J connectivity index is 1.31. The lowest BCUT2D eigenvalue weighted by Crippen LogP contribution is -2.43. The Labute approximate surface area is 174 Å². The lowest BCUT2D eigenvalue weighted by Gasteiger charge is -2.26. The maximum absolute atomic E-state index is 12.8. The van der Waals surface area contributed by atoms with Crippen LogP contribution in [0.3, 0.4) is 0 Å². The molecule has 0 spiro atoms. The second-order valence-electron chi connectivity index (χ2n) is 7.88. The smallest absolute Gasteiger partial charge is 0.315 e. The molecule has 0 fully saturated rings. The van der Waals surface area contributed by atoms with Crippen LogP contribution in [0, 0.1) is 0 Å². The zero-order valence-electron chi connectivity index (χ0n) is 17.0. The van der Waals surface area contributed by atoms with Gasteiger partial charge in [0.25, 0.3) is 0 Å². The molecule has 1 aromatic carbocycles. The predicted octanol–water partition coefficient (Wildman–Crippen LogP) is 2.01. The highest BCUT2D eigenvalue weighted by Crippen LogP contribution is 2.27. The van der Waals surface area contributed by atoms with E-state index in [1.54, 1.807) is 15.9 Å². The van der Waals surface area contributed by atoms with Crippen LogP contribution in [0.5, 0.6) is 0 Å². The lowest BCUT2D eigenvalue weighted by molar-refractivity contribution is -0.143. The van der Waals surface area contributed by atoms with Crippen LogP contribution in [0.1, 0.15) is 35.5 Å². The van der Waals surface area contributed by atoms with Gasteiger partial charge in [0.1, 0.15) is 5.82 Å². The molecule has 0 bridgehead atoms. The largest absolute Gasteiger partial charge is 0.328 e. The number of nitrogens with zero attached hydrogens (tertiary/aromatic N) is 5. The van der Waals surface area contributed by atoms with Crippen molar-refractivity contribution in [3.63, 3.8) is 0 Å². The molecule has 1 N–H and O–H groups in total. The molecule has 8 heteroatoms. The Morgan fingerprint density at radius 3 is 2.67 bits per heavy atom. The Morgan fingerprint density at radius 2 is 1.83 bits per heavy atom. The summed E-state index contributed by atoms with van der Waals surface area (Å²) in [5.41, 5.74) is 5.06. The van der Waals surface area contributed by atoms with Gasteiger partial charge >= 0.3 is 11.8 Å². The highest BCUT2D eigenvalue weighted by atomic mass is 16.2. The fourth-order valence-electron chi connectivity index (χ4n) is 4.43. The van der Waals surface area contributed by atoms with Crippen molar-refractivity contribution in [1.29, 1.82) is 0 Å². The van der Waals surface area contributed by atoms with E-state index < -0.39 is 11.8 Å². The summed E-state index contributed by atoms with van der Waals surface area (Å²) in [6.45, 7) is 0.826. The number of imidazole rings is 1. The van der Waals surface area contributed by atoms with Crippen LogP contribution in [-0.2, 0) is 42.4 Å². The first kappa shape index (κ1) is 18.6. The number of carbonyl (C=O) groups is 2. The number of para-hydroxylation sites is 1. The molecule has 5 rings (SSSR count). The zero-order chi connectivity index (χ0) is 20.7. The number of benzene rings is 1. The molecule has 154 valence electrons. The monoisotopic (exact) mass is 404 g/mol. The minimum Gasteiger partial charge on any atom is -0.328 e. The topological polar surface area (TPSA) is 85.1 Å². The van der Waals surface area contributed by atoms with E-state index in [0.717, 1.165) is 54.0 Å². The molecular formula is C22H24N6O2. The molecule has 3 heterocycles. The minimum absolute atomic E-state index is 0.338. The van der Waals surface area contributed by atoms with E-state index in [9.17, 15) is 9.59 Å². The average Bonchev–Trinajstić information content (AvgIpc) is 3.34. The molecular weight excluding hydrogens is 380 g/mol. The SMILES string of the molecule is Cn1nc2c(c1NC(=O)C(=O)N1CCc3c(ncn3-c3ccccc3)C1)CCCC2. The fraction of sp³-hybridized carbons (Fsp3) is 0.364. The average molecular weight is 404 g/mol. The first-order valence-electron chi connectivity index (χ1n) is 10.4. The molecule has 2 aliphatic rings. The van der Waals surface area contributed by atoms with Crippen molar-refractivity contribution in [2.24, 2.45) is 7.05 Å². The van der Waals surface area contributed by atoms with Gasteiger partial charge in [-0.3, -0.25) is 14.3 Å². The third kappa shape index (κ3) is 3.18. The highest BCUT2D eigenvalue weighted by molar-refractivity contribution is 6.39. The van der Waals surface area contributed by atoms with E-state index >= 15 is 0 Å². The Morgan fingerprint density at radius 1 is 1.03 bits per heavy atom. The Kier molecular flexibility index (Phi) is 4.61. The summed E-state index contributed by atoms with van der Waals surface area (Å²) in [5.74, 6) is -0.493. The predicted molar refractivity (Wildman–Crippen MR) is 111 cm³/mol. The van der Waals surface area contributed by atoms with Crippen molar-refractivity contribution in [3.8, 4) is 5.69 Å². The summed E-state index contributed by atoms with van der Waals surface area (Å²) in [7, 11) is 1.81. The van der Waals surface area contributed by atoms with Gasteiger partial charge in [-0.2, -0.15) is 5.10 Å². The van der Waals surface area contributed by atoms with Crippen LogP contribution in [-0.4, -0.2) is 42.6 Å². The van der Waals surface area contributed by atoms with Crippen LogP contribution in [0.4, 0.5) is 5.82 Å². The van der Waals surface area contributed by atoms with Crippen molar-refractivity contribution in [3.05, 3.63) is 59.3 Å². The van der Waals surface area contributed by atoms with Crippen LogP contribution in [0.25, 0.3) is 5.69 Å². The van der Waals surface area contributed by atoms with Gasteiger partial charge in [-0.05, 0) is 37.8 Å². The molecule has 3 aromatic rings. The van der Waals surface area contributed by atoms with Crippen molar-refractivity contribution in [2.75, 3.05) is 11.9 Å². The van der Waals surface area contributed by atoms with Gasteiger partial charge in [-0.25, -0.2) is 4.98 Å². The number of hydrogen-bond acceptors (Lipinski definition) is 4. The molecule has 0 saturated heterocycles. The summed E-state index contributed by atoms with van der Waals surface area (Å²) in [5, 5.41) is 7.32. The fourth-order valence-corrected chi connectivity index (χ4v) is 4.43. The number of carbonyl (C=O) groups excluding carboxylic acids is 2. The van der Waals surface area contributed by atoms with Crippen molar-refractivity contribution >= 4 is 17.6 Å². The molecule has 0 atom stereocenters. The van der Waals surface area contributed by atoms with Gasteiger partial charge in [0, 0.05) is 37.0 Å². The summed E-state index contributed by atoms with van der Waals surface area (Å²) in [4.78, 5) is 31.6. The summed E-state index contributed by atoms with van der Waals surface area (Å²) >= 11 is 0. The molecule has 2 amide bonds. The quantitative estimate of drug-likeness (QED) is 0.662. The number of aromatic nitrogens is 4. The van der Waals surface area contributed by atoms with Crippen molar-refractivity contribution in [2.45, 2.75) is 38.6 Å². The lowest BCUT2D eigenvalue weighted by atomic mass is 9.97. The van der Waals surface area contributed by atoms with Gasteiger partial charge in [0.15, 0.2) is 0 Å². The molecule has 8 nitrogen and oxygen atoms in total. The van der Waals surface area contributed by atoms with Gasteiger partial charge in [0.05, 0.1) is 24.3 Å². The summed E-state index contributed by atoms with van der Waals surface area (Å²) in [6.07, 6.45) is 6.44. The summed E-state index contributed by atoms with van der Waals surface area (Å²) < 4.78 is 3.73. The van der Waals surface area contributed by atoms with E-state index in [4.69, 9.17) is 0 Å². The maximum atomic E-state index is 12.8. The normalized spacial score (nSPS) is 15.4. The Bertz CT molecular complexity index is 1110. The zero-order valence-corrected chi connectivity index (χ0v) is 17.0.